The summed E-state index contributed by atoms with van der Waals surface area (Å²) in [6.45, 7) is 1.93. The zero-order chi connectivity index (χ0) is 18.5. The summed E-state index contributed by atoms with van der Waals surface area (Å²) in [4.78, 5) is 25.5. The van der Waals surface area contributed by atoms with Crippen molar-refractivity contribution in [2.24, 2.45) is 0 Å². The molecule has 0 aliphatic carbocycles. The van der Waals surface area contributed by atoms with Crippen molar-refractivity contribution < 1.29 is 18.7 Å². The van der Waals surface area contributed by atoms with Crippen LogP contribution >= 0.6 is 11.3 Å². The third-order valence-corrected chi connectivity index (χ3v) is 4.73. The van der Waals surface area contributed by atoms with Gasteiger partial charge < -0.3 is 10.1 Å². The van der Waals surface area contributed by atoms with Gasteiger partial charge in [-0.25, -0.2) is 9.18 Å². The van der Waals surface area contributed by atoms with Crippen molar-refractivity contribution in [1.82, 2.24) is 0 Å². The number of halogens is 1. The summed E-state index contributed by atoms with van der Waals surface area (Å²) >= 11 is 1.24. The van der Waals surface area contributed by atoms with Crippen LogP contribution in [0.3, 0.4) is 0 Å². The van der Waals surface area contributed by atoms with Gasteiger partial charge in [-0.05, 0) is 30.7 Å². The van der Waals surface area contributed by atoms with E-state index in [0.29, 0.717) is 5.00 Å². The lowest BCUT2D eigenvalue weighted by Gasteiger charge is -2.06. The topological polar surface area (TPSA) is 55.4 Å². The minimum Gasteiger partial charge on any atom is -0.462 e. The number of nitrogens with one attached hydrogen (secondary N) is 1. The molecule has 0 fully saturated rings. The SMILES string of the molecule is CCOC(=O)c1cc(-c2ccccc2)sc1NC(=O)c1ccccc1F. The molecule has 6 heteroatoms. The van der Waals surface area contributed by atoms with E-state index in [1.54, 1.807) is 19.1 Å². The molecule has 132 valence electrons. The lowest BCUT2D eigenvalue weighted by molar-refractivity contribution is 0.0528. The lowest BCUT2D eigenvalue weighted by Crippen LogP contribution is -2.15. The molecule has 3 aromatic rings. The van der Waals surface area contributed by atoms with E-state index in [0.717, 1.165) is 10.4 Å². The van der Waals surface area contributed by atoms with E-state index < -0.39 is 17.7 Å². The number of rotatable bonds is 5. The van der Waals surface area contributed by atoms with Crippen LogP contribution in [0.25, 0.3) is 10.4 Å². The average molecular weight is 369 g/mol. The summed E-state index contributed by atoms with van der Waals surface area (Å²) in [5.74, 6) is -1.77. The minimum atomic E-state index is -0.623. The number of esters is 1. The molecule has 0 saturated carbocycles. The molecule has 0 saturated heterocycles. The second-order valence-electron chi connectivity index (χ2n) is 5.37. The maximum absolute atomic E-state index is 13.8. The summed E-state index contributed by atoms with van der Waals surface area (Å²) in [6, 6.07) is 16.8. The smallest absolute Gasteiger partial charge is 0.341 e. The number of carbonyl (C=O) groups excluding carboxylic acids is 2. The maximum atomic E-state index is 13.8. The van der Waals surface area contributed by atoms with E-state index in [1.165, 1.54) is 29.5 Å². The molecule has 26 heavy (non-hydrogen) atoms. The summed E-state index contributed by atoms with van der Waals surface area (Å²) < 4.78 is 18.9. The monoisotopic (exact) mass is 369 g/mol. The van der Waals surface area contributed by atoms with Gasteiger partial charge in [0.2, 0.25) is 0 Å². The Morgan fingerprint density at radius 3 is 2.42 bits per heavy atom. The van der Waals surface area contributed by atoms with Crippen LogP contribution in [0.5, 0.6) is 0 Å². The van der Waals surface area contributed by atoms with Crippen molar-refractivity contribution >= 4 is 28.2 Å². The van der Waals surface area contributed by atoms with Crippen molar-refractivity contribution in [2.45, 2.75) is 6.92 Å². The second kappa shape index (κ2) is 7.93. The first-order chi connectivity index (χ1) is 12.6. The molecular weight excluding hydrogens is 353 g/mol. The molecular formula is C20H16FNO3S. The summed E-state index contributed by atoms with van der Waals surface area (Å²) in [5.41, 5.74) is 1.08. The molecule has 2 aromatic carbocycles. The van der Waals surface area contributed by atoms with Gasteiger partial charge in [-0.2, -0.15) is 0 Å². The van der Waals surface area contributed by atoms with E-state index in [9.17, 15) is 14.0 Å². The first kappa shape index (κ1) is 17.8. The van der Waals surface area contributed by atoms with Gasteiger partial charge in [-0.3, -0.25) is 4.79 Å². The summed E-state index contributed by atoms with van der Waals surface area (Å²) in [6.07, 6.45) is 0. The number of hydrogen-bond donors (Lipinski definition) is 1. The fourth-order valence-corrected chi connectivity index (χ4v) is 3.45. The predicted molar refractivity (Wildman–Crippen MR) is 100 cm³/mol. The predicted octanol–water partition coefficient (Wildman–Crippen LogP) is 4.98. The molecule has 0 spiro atoms. The normalized spacial score (nSPS) is 10.4. The van der Waals surface area contributed by atoms with Crippen LogP contribution in [0.1, 0.15) is 27.6 Å². The van der Waals surface area contributed by atoms with Crippen molar-refractivity contribution in [1.29, 1.82) is 0 Å². The van der Waals surface area contributed by atoms with Crippen molar-refractivity contribution in [3.63, 3.8) is 0 Å². The van der Waals surface area contributed by atoms with E-state index >= 15 is 0 Å². The molecule has 1 amide bonds. The summed E-state index contributed by atoms with van der Waals surface area (Å²) in [5, 5.41) is 2.97. The Morgan fingerprint density at radius 2 is 1.73 bits per heavy atom. The quantitative estimate of drug-likeness (QED) is 0.645. The standard InChI is InChI=1S/C20H16FNO3S/c1-2-25-20(24)15-12-17(13-8-4-3-5-9-13)26-19(15)22-18(23)14-10-6-7-11-16(14)21/h3-12H,2H2,1H3,(H,22,23). The van der Waals surface area contributed by atoms with Gasteiger partial charge in [0.15, 0.2) is 0 Å². The highest BCUT2D eigenvalue weighted by atomic mass is 32.1. The third kappa shape index (κ3) is 3.81. The van der Waals surface area contributed by atoms with Crippen LogP contribution in [-0.2, 0) is 4.74 Å². The molecule has 4 nitrogen and oxygen atoms in total. The number of carbonyl (C=O) groups is 2. The number of benzene rings is 2. The molecule has 0 atom stereocenters. The zero-order valence-corrected chi connectivity index (χ0v) is 14.8. The largest absolute Gasteiger partial charge is 0.462 e. The molecule has 0 bridgehead atoms. The highest BCUT2D eigenvalue weighted by molar-refractivity contribution is 7.20. The van der Waals surface area contributed by atoms with Gasteiger partial charge in [-0.15, -0.1) is 11.3 Å². The molecule has 0 radical (unpaired) electrons. The number of ether oxygens (including phenoxy) is 1. The number of thiophene rings is 1. The lowest BCUT2D eigenvalue weighted by atomic mass is 10.1. The first-order valence-electron chi connectivity index (χ1n) is 8.02. The van der Waals surface area contributed by atoms with Crippen LogP contribution in [0, 0.1) is 5.82 Å². The second-order valence-corrected chi connectivity index (χ2v) is 6.43. The number of anilines is 1. The van der Waals surface area contributed by atoms with Crippen molar-refractivity contribution in [2.75, 3.05) is 11.9 Å². The summed E-state index contributed by atoms with van der Waals surface area (Å²) in [7, 11) is 0. The van der Waals surface area contributed by atoms with E-state index in [4.69, 9.17) is 4.74 Å². The molecule has 3 rings (SSSR count). The van der Waals surface area contributed by atoms with Crippen molar-refractivity contribution in [3.8, 4) is 10.4 Å². The Labute approximate surface area is 154 Å². The number of hydrogen-bond acceptors (Lipinski definition) is 4. The molecule has 1 N–H and O–H groups in total. The van der Waals surface area contributed by atoms with Gasteiger partial charge in [0.1, 0.15) is 10.8 Å². The zero-order valence-electron chi connectivity index (χ0n) is 14.0. The fourth-order valence-electron chi connectivity index (χ4n) is 2.40. The van der Waals surface area contributed by atoms with Crippen LogP contribution in [0.4, 0.5) is 9.39 Å². The van der Waals surface area contributed by atoms with Gasteiger partial charge >= 0.3 is 5.97 Å². The van der Waals surface area contributed by atoms with Crippen LogP contribution < -0.4 is 5.32 Å². The average Bonchev–Trinajstić information content (AvgIpc) is 3.07. The van der Waals surface area contributed by atoms with Gasteiger partial charge in [-0.1, -0.05) is 42.5 Å². The Hall–Kier alpha value is -2.99. The third-order valence-electron chi connectivity index (χ3n) is 3.63. The van der Waals surface area contributed by atoms with Crippen molar-refractivity contribution in [3.05, 3.63) is 77.6 Å². The van der Waals surface area contributed by atoms with E-state index in [-0.39, 0.29) is 17.7 Å². The maximum Gasteiger partial charge on any atom is 0.341 e. The Bertz CT molecular complexity index is 937. The van der Waals surface area contributed by atoms with Crippen LogP contribution in [0.15, 0.2) is 60.7 Å². The van der Waals surface area contributed by atoms with Crippen LogP contribution in [0.2, 0.25) is 0 Å². The Balaban J connectivity index is 1.96. The van der Waals surface area contributed by atoms with Gasteiger partial charge in [0.25, 0.3) is 5.91 Å². The highest BCUT2D eigenvalue weighted by Crippen LogP contribution is 2.36. The molecule has 0 aliphatic heterocycles. The van der Waals surface area contributed by atoms with Crippen LogP contribution in [-0.4, -0.2) is 18.5 Å². The van der Waals surface area contributed by atoms with E-state index in [2.05, 4.69) is 5.32 Å². The molecule has 0 aliphatic rings. The first-order valence-corrected chi connectivity index (χ1v) is 8.84. The fraction of sp³-hybridized carbons (Fsp3) is 0.100. The molecule has 0 unspecified atom stereocenters. The molecule has 1 heterocycles. The molecule has 1 aromatic heterocycles. The van der Waals surface area contributed by atoms with E-state index in [1.807, 2.05) is 30.3 Å². The minimum absolute atomic E-state index is 0.0861. The van der Waals surface area contributed by atoms with Gasteiger partial charge in [0.05, 0.1) is 17.7 Å². The Kier molecular flexibility index (Phi) is 5.43. The van der Waals surface area contributed by atoms with Gasteiger partial charge in [0, 0.05) is 4.88 Å². The highest BCUT2D eigenvalue weighted by Gasteiger charge is 2.21. The number of amides is 1. The Morgan fingerprint density at radius 1 is 1.04 bits per heavy atom.